The lowest BCUT2D eigenvalue weighted by Crippen LogP contribution is -2.07. The van der Waals surface area contributed by atoms with Gasteiger partial charge in [-0.25, -0.2) is 0 Å². The number of alkyl halides is 3. The maximum atomic E-state index is 13.2. The van der Waals surface area contributed by atoms with Crippen LogP contribution in [-0.4, -0.2) is 10.1 Å². The summed E-state index contributed by atoms with van der Waals surface area (Å²) in [5, 5.41) is 18.5. The van der Waals surface area contributed by atoms with Crippen LogP contribution in [0.15, 0.2) is 60.9 Å². The average Bonchev–Trinajstić information content (AvgIpc) is 2.71. The highest BCUT2D eigenvalue weighted by Crippen LogP contribution is 2.33. The topological polar surface area (TPSA) is 56.9 Å². The Balaban J connectivity index is 1.96. The lowest BCUT2D eigenvalue weighted by atomic mass is 9.98. The largest absolute Gasteiger partial charge is 0.508 e. The molecular formula is C23H15F3N2O. The van der Waals surface area contributed by atoms with Gasteiger partial charge in [-0.15, -0.1) is 0 Å². The Labute approximate surface area is 166 Å². The number of hydrogen-bond donors (Lipinski definition) is 1. The van der Waals surface area contributed by atoms with E-state index in [-0.39, 0.29) is 5.56 Å². The van der Waals surface area contributed by atoms with Crippen molar-refractivity contribution in [1.29, 1.82) is 5.26 Å². The van der Waals surface area contributed by atoms with Crippen LogP contribution >= 0.6 is 0 Å². The van der Waals surface area contributed by atoms with Gasteiger partial charge in [0.1, 0.15) is 5.75 Å². The van der Waals surface area contributed by atoms with Gasteiger partial charge >= 0.3 is 6.18 Å². The standard InChI is InChI=1S/C23H15F3N2O/c24-23(25,26)22-13-21(29)10-9-19(22)8-7-18-5-4-17(14-27)12-20(18)6-3-16-2-1-11-28-15-16/h1-2,4-5,9-13,15,29H,3,6H2. The SMILES string of the molecule is N#Cc1ccc(C#Cc2ccc(O)cc2C(F)(F)F)c(CCc2cccnc2)c1. The molecule has 0 aliphatic carbocycles. The number of pyridine rings is 1. The first-order valence-corrected chi connectivity index (χ1v) is 8.71. The number of aromatic hydroxyl groups is 1. The summed E-state index contributed by atoms with van der Waals surface area (Å²) in [7, 11) is 0. The van der Waals surface area contributed by atoms with Crippen molar-refractivity contribution < 1.29 is 18.3 Å². The molecule has 0 radical (unpaired) electrons. The zero-order chi connectivity index (χ0) is 20.9. The molecule has 2 aromatic carbocycles. The van der Waals surface area contributed by atoms with E-state index in [4.69, 9.17) is 5.26 Å². The summed E-state index contributed by atoms with van der Waals surface area (Å²) in [5.41, 5.74) is 1.57. The average molecular weight is 392 g/mol. The molecule has 3 nitrogen and oxygen atoms in total. The molecule has 0 atom stereocenters. The molecule has 0 unspecified atom stereocenters. The van der Waals surface area contributed by atoms with E-state index in [1.54, 1.807) is 30.6 Å². The number of nitrogens with zero attached hydrogens (tertiary/aromatic N) is 2. The molecule has 0 bridgehead atoms. The molecule has 1 heterocycles. The first kappa shape index (κ1) is 20.0. The third-order valence-corrected chi connectivity index (χ3v) is 4.28. The van der Waals surface area contributed by atoms with Crippen LogP contribution in [0.3, 0.4) is 0 Å². The van der Waals surface area contributed by atoms with Gasteiger partial charge in [-0.2, -0.15) is 18.4 Å². The fourth-order valence-electron chi connectivity index (χ4n) is 2.83. The first-order valence-electron chi connectivity index (χ1n) is 8.71. The van der Waals surface area contributed by atoms with Crippen LogP contribution in [0.1, 0.15) is 33.4 Å². The van der Waals surface area contributed by atoms with E-state index in [1.165, 1.54) is 6.07 Å². The van der Waals surface area contributed by atoms with Crippen LogP contribution in [0.5, 0.6) is 5.75 Å². The molecule has 0 aliphatic rings. The molecule has 144 valence electrons. The van der Waals surface area contributed by atoms with Crippen molar-refractivity contribution in [3.8, 4) is 23.7 Å². The van der Waals surface area contributed by atoms with Crippen LogP contribution in [0.25, 0.3) is 0 Å². The summed E-state index contributed by atoms with van der Waals surface area (Å²) >= 11 is 0. The molecule has 0 saturated carbocycles. The van der Waals surface area contributed by atoms with E-state index >= 15 is 0 Å². The molecule has 1 aromatic heterocycles. The summed E-state index contributed by atoms with van der Waals surface area (Å²) in [5.74, 6) is 4.88. The Morgan fingerprint density at radius 2 is 1.72 bits per heavy atom. The van der Waals surface area contributed by atoms with Crippen LogP contribution in [0.2, 0.25) is 0 Å². The van der Waals surface area contributed by atoms with E-state index in [9.17, 15) is 18.3 Å². The lowest BCUT2D eigenvalue weighted by molar-refractivity contribution is -0.137. The smallest absolute Gasteiger partial charge is 0.417 e. The number of aryl methyl sites for hydroxylation is 2. The summed E-state index contributed by atoms with van der Waals surface area (Å²) < 4.78 is 39.7. The summed E-state index contributed by atoms with van der Waals surface area (Å²) in [6.07, 6.45) is 0.00600. The van der Waals surface area contributed by atoms with Crippen LogP contribution in [0.4, 0.5) is 13.2 Å². The monoisotopic (exact) mass is 392 g/mol. The predicted molar refractivity (Wildman–Crippen MR) is 102 cm³/mol. The maximum Gasteiger partial charge on any atom is 0.417 e. The maximum absolute atomic E-state index is 13.2. The van der Waals surface area contributed by atoms with Gasteiger partial charge in [0.05, 0.1) is 17.2 Å². The number of benzene rings is 2. The van der Waals surface area contributed by atoms with Gasteiger partial charge in [-0.1, -0.05) is 17.9 Å². The predicted octanol–water partition coefficient (Wildman–Crippen LogP) is 4.86. The van der Waals surface area contributed by atoms with Crippen molar-refractivity contribution in [3.63, 3.8) is 0 Å². The van der Waals surface area contributed by atoms with Crippen LogP contribution < -0.4 is 0 Å². The van der Waals surface area contributed by atoms with Crippen molar-refractivity contribution in [3.05, 3.63) is 94.3 Å². The van der Waals surface area contributed by atoms with Gasteiger partial charge in [0.2, 0.25) is 0 Å². The molecular weight excluding hydrogens is 377 g/mol. The van der Waals surface area contributed by atoms with E-state index in [1.807, 2.05) is 12.1 Å². The summed E-state index contributed by atoms with van der Waals surface area (Å²) in [6.45, 7) is 0. The van der Waals surface area contributed by atoms with Gasteiger partial charge < -0.3 is 5.11 Å². The normalized spacial score (nSPS) is 10.7. The number of hydrogen-bond acceptors (Lipinski definition) is 3. The minimum atomic E-state index is -4.63. The third kappa shape index (κ3) is 5.15. The Bertz CT molecular complexity index is 1120. The highest BCUT2D eigenvalue weighted by atomic mass is 19.4. The minimum absolute atomic E-state index is 0.224. The quantitative estimate of drug-likeness (QED) is 0.648. The fraction of sp³-hybridized carbons (Fsp3) is 0.130. The molecule has 0 amide bonds. The second-order valence-electron chi connectivity index (χ2n) is 6.32. The zero-order valence-corrected chi connectivity index (χ0v) is 15.2. The molecule has 0 aliphatic heterocycles. The van der Waals surface area contributed by atoms with Gasteiger partial charge in [0.15, 0.2) is 0 Å². The van der Waals surface area contributed by atoms with E-state index < -0.39 is 17.5 Å². The molecule has 1 N–H and O–H groups in total. The molecule has 0 spiro atoms. The number of nitriles is 1. The Morgan fingerprint density at radius 3 is 2.41 bits per heavy atom. The van der Waals surface area contributed by atoms with Crippen molar-refractivity contribution in [2.75, 3.05) is 0 Å². The van der Waals surface area contributed by atoms with Crippen molar-refractivity contribution >= 4 is 0 Å². The molecule has 3 rings (SSSR count). The number of halogens is 3. The fourth-order valence-corrected chi connectivity index (χ4v) is 2.83. The molecule has 3 aromatic rings. The van der Waals surface area contributed by atoms with Crippen molar-refractivity contribution in [1.82, 2.24) is 4.98 Å². The first-order chi connectivity index (χ1) is 13.9. The zero-order valence-electron chi connectivity index (χ0n) is 15.2. The van der Waals surface area contributed by atoms with Gasteiger partial charge in [0.25, 0.3) is 0 Å². The molecule has 29 heavy (non-hydrogen) atoms. The van der Waals surface area contributed by atoms with Gasteiger partial charge in [-0.3, -0.25) is 4.98 Å². The third-order valence-electron chi connectivity index (χ3n) is 4.28. The number of aromatic nitrogens is 1. The molecule has 6 heteroatoms. The number of phenols is 1. The summed E-state index contributed by atoms with van der Waals surface area (Å²) in [4.78, 5) is 4.06. The van der Waals surface area contributed by atoms with Gasteiger partial charge in [0, 0.05) is 23.5 Å². The second-order valence-corrected chi connectivity index (χ2v) is 6.32. The van der Waals surface area contributed by atoms with Crippen molar-refractivity contribution in [2.24, 2.45) is 0 Å². The number of phenolic OH excluding ortho intramolecular Hbond substituents is 1. The lowest BCUT2D eigenvalue weighted by Gasteiger charge is -2.09. The molecule has 0 fully saturated rings. The Kier molecular flexibility index (Phi) is 5.85. The molecule has 0 saturated heterocycles. The van der Waals surface area contributed by atoms with Crippen molar-refractivity contribution in [2.45, 2.75) is 19.0 Å². The van der Waals surface area contributed by atoms with E-state index in [0.29, 0.717) is 30.0 Å². The van der Waals surface area contributed by atoms with Gasteiger partial charge in [-0.05, 0) is 66.4 Å². The van der Waals surface area contributed by atoms with Crippen LogP contribution in [-0.2, 0) is 19.0 Å². The van der Waals surface area contributed by atoms with E-state index in [2.05, 4.69) is 22.9 Å². The highest BCUT2D eigenvalue weighted by molar-refractivity contribution is 5.53. The van der Waals surface area contributed by atoms with E-state index in [0.717, 1.165) is 17.2 Å². The Hall–Kier alpha value is -3.77. The second kappa shape index (κ2) is 8.50. The number of rotatable bonds is 3. The van der Waals surface area contributed by atoms with Crippen LogP contribution in [0, 0.1) is 23.2 Å². The highest BCUT2D eigenvalue weighted by Gasteiger charge is 2.33. The minimum Gasteiger partial charge on any atom is -0.508 e. The summed E-state index contributed by atoms with van der Waals surface area (Å²) in [6, 6.07) is 13.7. The Morgan fingerprint density at radius 1 is 0.966 bits per heavy atom.